The largest absolute Gasteiger partial charge is 0.319 e. The van der Waals surface area contributed by atoms with Crippen LogP contribution in [0.4, 0.5) is 0 Å². The predicted octanol–water partition coefficient (Wildman–Crippen LogP) is 3.44. The second kappa shape index (κ2) is 5.07. The number of halogens is 1. The molecule has 0 saturated carbocycles. The molecule has 3 rings (SSSR count). The Kier molecular flexibility index (Phi) is 3.27. The van der Waals surface area contributed by atoms with Crippen molar-refractivity contribution in [1.29, 1.82) is 0 Å². The smallest absolute Gasteiger partial charge is 0.0732 e. The summed E-state index contributed by atoms with van der Waals surface area (Å²) in [7, 11) is 0. The molecule has 0 aliphatic carbocycles. The first-order valence-corrected chi connectivity index (χ1v) is 6.74. The molecule has 19 heavy (non-hydrogen) atoms. The van der Waals surface area contributed by atoms with Crippen LogP contribution in [0.1, 0.15) is 17.3 Å². The maximum absolute atomic E-state index is 6.33. The molecule has 2 N–H and O–H groups in total. The molecule has 1 atom stereocenters. The second-order valence-electron chi connectivity index (χ2n) is 4.32. The Balaban J connectivity index is 2.11. The highest BCUT2D eigenvalue weighted by Crippen LogP contribution is 2.26. The summed E-state index contributed by atoms with van der Waals surface area (Å²) in [5.41, 5.74) is 8.25. The Bertz CT molecular complexity index is 705. The van der Waals surface area contributed by atoms with Gasteiger partial charge in [-0.1, -0.05) is 18.2 Å². The van der Waals surface area contributed by atoms with Crippen molar-refractivity contribution >= 4 is 26.7 Å². The van der Waals surface area contributed by atoms with Crippen molar-refractivity contribution in [1.82, 2.24) is 9.97 Å². The molecule has 4 heteroatoms. The van der Waals surface area contributed by atoms with Gasteiger partial charge >= 0.3 is 0 Å². The van der Waals surface area contributed by atoms with Gasteiger partial charge in [-0.05, 0) is 45.1 Å². The van der Waals surface area contributed by atoms with Gasteiger partial charge in [0, 0.05) is 28.4 Å². The fourth-order valence-corrected chi connectivity index (χ4v) is 2.38. The van der Waals surface area contributed by atoms with Crippen LogP contribution in [0.15, 0.2) is 59.5 Å². The van der Waals surface area contributed by atoms with E-state index in [4.69, 9.17) is 5.73 Å². The molecule has 0 radical (unpaired) electrons. The number of aromatic nitrogens is 2. The van der Waals surface area contributed by atoms with Gasteiger partial charge in [0.25, 0.3) is 0 Å². The van der Waals surface area contributed by atoms with Crippen LogP contribution < -0.4 is 5.73 Å². The lowest BCUT2D eigenvalue weighted by Gasteiger charge is -2.14. The lowest BCUT2D eigenvalue weighted by atomic mass is 9.98. The van der Waals surface area contributed by atoms with E-state index >= 15 is 0 Å². The van der Waals surface area contributed by atoms with Crippen LogP contribution in [-0.4, -0.2) is 9.97 Å². The summed E-state index contributed by atoms with van der Waals surface area (Å²) in [5, 5.41) is 2.21. The van der Waals surface area contributed by atoms with Gasteiger partial charge in [-0.15, -0.1) is 0 Å². The maximum Gasteiger partial charge on any atom is 0.0732 e. The number of nitrogens with two attached hydrogens (primary N) is 1. The fraction of sp³-hybridized carbons (Fsp3) is 0.0667. The third kappa shape index (κ3) is 2.37. The molecular weight excluding hydrogens is 302 g/mol. The third-order valence-electron chi connectivity index (χ3n) is 3.12. The first-order chi connectivity index (χ1) is 9.25. The molecule has 94 valence electrons. The number of nitrogens with zero attached hydrogens (tertiary/aromatic N) is 2. The number of rotatable bonds is 2. The van der Waals surface area contributed by atoms with Crippen molar-refractivity contribution in [3.8, 4) is 0 Å². The lowest BCUT2D eigenvalue weighted by Crippen LogP contribution is -2.13. The molecule has 0 amide bonds. The number of fused-ring (bicyclic) bond motifs is 1. The standard InChI is InChI=1S/C15H12BrN3/c16-11-4-5-14(19-9-11)15(17)13-3-1-2-10-8-18-7-6-12(10)13/h1-9,15H,17H2. The first kappa shape index (κ1) is 12.3. The summed E-state index contributed by atoms with van der Waals surface area (Å²) in [6.07, 6.45) is 5.40. The minimum absolute atomic E-state index is 0.237. The highest BCUT2D eigenvalue weighted by atomic mass is 79.9. The number of pyridine rings is 2. The monoisotopic (exact) mass is 313 g/mol. The molecule has 0 saturated heterocycles. The quantitative estimate of drug-likeness (QED) is 0.788. The van der Waals surface area contributed by atoms with Crippen molar-refractivity contribution in [2.24, 2.45) is 5.73 Å². The van der Waals surface area contributed by atoms with E-state index < -0.39 is 0 Å². The van der Waals surface area contributed by atoms with Crippen molar-refractivity contribution in [2.75, 3.05) is 0 Å². The molecule has 3 aromatic rings. The Morgan fingerprint density at radius 1 is 1.05 bits per heavy atom. The van der Waals surface area contributed by atoms with Gasteiger partial charge in [-0.3, -0.25) is 9.97 Å². The molecule has 0 spiro atoms. The van der Waals surface area contributed by atoms with Crippen LogP contribution in [-0.2, 0) is 0 Å². The van der Waals surface area contributed by atoms with E-state index in [1.165, 1.54) is 0 Å². The molecule has 2 heterocycles. The maximum atomic E-state index is 6.33. The Labute approximate surface area is 119 Å². The highest BCUT2D eigenvalue weighted by Gasteiger charge is 2.13. The fourth-order valence-electron chi connectivity index (χ4n) is 2.15. The average molecular weight is 314 g/mol. The van der Waals surface area contributed by atoms with E-state index in [1.54, 1.807) is 12.4 Å². The van der Waals surface area contributed by atoms with Gasteiger partial charge in [-0.2, -0.15) is 0 Å². The number of hydrogen-bond acceptors (Lipinski definition) is 3. The van der Waals surface area contributed by atoms with Crippen LogP contribution in [0, 0.1) is 0 Å². The molecule has 0 aliphatic heterocycles. The number of hydrogen-bond donors (Lipinski definition) is 1. The minimum Gasteiger partial charge on any atom is -0.319 e. The molecular formula is C15H12BrN3. The lowest BCUT2D eigenvalue weighted by molar-refractivity contribution is 0.835. The molecule has 0 fully saturated rings. The van der Waals surface area contributed by atoms with Gasteiger partial charge in [-0.25, -0.2) is 0 Å². The summed E-state index contributed by atoms with van der Waals surface area (Å²) < 4.78 is 0.950. The Hall–Kier alpha value is -1.78. The van der Waals surface area contributed by atoms with Gasteiger partial charge in [0.1, 0.15) is 0 Å². The predicted molar refractivity (Wildman–Crippen MR) is 79.7 cm³/mol. The summed E-state index contributed by atoms with van der Waals surface area (Å²) in [5.74, 6) is 0. The minimum atomic E-state index is -0.237. The topological polar surface area (TPSA) is 51.8 Å². The van der Waals surface area contributed by atoms with Gasteiger partial charge in [0.05, 0.1) is 11.7 Å². The van der Waals surface area contributed by atoms with E-state index in [1.807, 2.05) is 42.6 Å². The molecule has 1 aromatic carbocycles. The van der Waals surface area contributed by atoms with Gasteiger partial charge < -0.3 is 5.73 Å². The summed E-state index contributed by atoms with van der Waals surface area (Å²) in [6.45, 7) is 0. The molecule has 0 bridgehead atoms. The summed E-state index contributed by atoms with van der Waals surface area (Å²) >= 11 is 3.38. The van der Waals surface area contributed by atoms with Crippen molar-refractivity contribution in [3.63, 3.8) is 0 Å². The van der Waals surface area contributed by atoms with E-state index in [9.17, 15) is 0 Å². The van der Waals surface area contributed by atoms with Gasteiger partial charge in [0.15, 0.2) is 0 Å². The zero-order chi connectivity index (χ0) is 13.2. The van der Waals surface area contributed by atoms with E-state index in [-0.39, 0.29) is 6.04 Å². The Morgan fingerprint density at radius 2 is 1.95 bits per heavy atom. The zero-order valence-electron chi connectivity index (χ0n) is 10.1. The van der Waals surface area contributed by atoms with Crippen molar-refractivity contribution in [3.05, 3.63) is 70.7 Å². The molecule has 3 nitrogen and oxygen atoms in total. The summed E-state index contributed by atoms with van der Waals surface area (Å²) in [6, 6.07) is 11.7. The molecule has 2 aromatic heterocycles. The van der Waals surface area contributed by atoms with Gasteiger partial charge in [0.2, 0.25) is 0 Å². The Morgan fingerprint density at radius 3 is 2.74 bits per heavy atom. The van der Waals surface area contributed by atoms with Crippen LogP contribution in [0.5, 0.6) is 0 Å². The van der Waals surface area contributed by atoms with Crippen molar-refractivity contribution in [2.45, 2.75) is 6.04 Å². The van der Waals surface area contributed by atoms with Crippen LogP contribution >= 0.6 is 15.9 Å². The van der Waals surface area contributed by atoms with Crippen molar-refractivity contribution < 1.29 is 0 Å². The van der Waals surface area contributed by atoms with E-state index in [0.717, 1.165) is 26.5 Å². The molecule has 0 aliphatic rings. The summed E-state index contributed by atoms with van der Waals surface area (Å²) in [4.78, 5) is 8.51. The first-order valence-electron chi connectivity index (χ1n) is 5.95. The SMILES string of the molecule is NC(c1ccc(Br)cn1)c1cccc2cnccc12. The average Bonchev–Trinajstić information content (AvgIpc) is 2.47. The van der Waals surface area contributed by atoms with Crippen LogP contribution in [0.25, 0.3) is 10.8 Å². The van der Waals surface area contributed by atoms with Crippen LogP contribution in [0.2, 0.25) is 0 Å². The normalized spacial score (nSPS) is 12.5. The van der Waals surface area contributed by atoms with E-state index in [0.29, 0.717) is 0 Å². The van der Waals surface area contributed by atoms with Crippen LogP contribution in [0.3, 0.4) is 0 Å². The zero-order valence-corrected chi connectivity index (χ0v) is 11.7. The second-order valence-corrected chi connectivity index (χ2v) is 5.24. The highest BCUT2D eigenvalue weighted by molar-refractivity contribution is 9.10. The third-order valence-corrected chi connectivity index (χ3v) is 3.59. The van der Waals surface area contributed by atoms with E-state index in [2.05, 4.69) is 25.9 Å². The molecule has 1 unspecified atom stereocenters. The number of benzene rings is 1.